The van der Waals surface area contributed by atoms with Gasteiger partial charge in [-0.15, -0.1) is 0 Å². The van der Waals surface area contributed by atoms with Gasteiger partial charge in [-0.2, -0.15) is 0 Å². The van der Waals surface area contributed by atoms with Crippen LogP contribution in [0, 0.1) is 5.82 Å². The standard InChI is InChI=1S/C28H31FN2O6/c29-24-13-17(3-4-21(24)27(32)30-15-20-2-1-8-35-20)12-18-14-23-26(22-7-11-36-25(18)22)37-16-31(28(23)33)19-5-9-34-10-6-19/h3-4,13-14,19-20H,1-2,5-12,15-16H2,(H,30,32). The van der Waals surface area contributed by atoms with Gasteiger partial charge >= 0.3 is 0 Å². The van der Waals surface area contributed by atoms with Crippen molar-refractivity contribution in [2.24, 2.45) is 0 Å². The molecule has 2 amide bonds. The lowest BCUT2D eigenvalue weighted by Crippen LogP contribution is -2.47. The van der Waals surface area contributed by atoms with Crippen molar-refractivity contribution in [1.29, 1.82) is 0 Å². The van der Waals surface area contributed by atoms with Crippen molar-refractivity contribution in [2.45, 2.75) is 50.7 Å². The molecular formula is C28H31FN2O6. The van der Waals surface area contributed by atoms with E-state index in [9.17, 15) is 14.0 Å². The number of ether oxygens (including phenoxy) is 4. The number of carbonyl (C=O) groups excluding carboxylic acids is 2. The maximum Gasteiger partial charge on any atom is 0.260 e. The second-order valence-corrected chi connectivity index (χ2v) is 10.0. The summed E-state index contributed by atoms with van der Waals surface area (Å²) in [6.07, 6.45) is 4.48. The molecule has 6 rings (SSSR count). The highest BCUT2D eigenvalue weighted by Gasteiger charge is 2.36. The third-order valence-electron chi connectivity index (χ3n) is 7.66. The Morgan fingerprint density at radius 1 is 1.05 bits per heavy atom. The van der Waals surface area contributed by atoms with Crippen LogP contribution in [0.5, 0.6) is 11.5 Å². The number of hydrogen-bond donors (Lipinski definition) is 1. The molecule has 0 spiro atoms. The maximum atomic E-state index is 15.0. The molecule has 4 aliphatic rings. The van der Waals surface area contributed by atoms with Crippen LogP contribution in [-0.4, -0.2) is 68.6 Å². The number of fused-ring (bicyclic) bond motifs is 3. The van der Waals surface area contributed by atoms with E-state index in [4.69, 9.17) is 18.9 Å². The molecule has 4 aliphatic heterocycles. The van der Waals surface area contributed by atoms with Crippen molar-refractivity contribution in [3.63, 3.8) is 0 Å². The molecule has 0 saturated carbocycles. The number of hydrogen-bond acceptors (Lipinski definition) is 6. The van der Waals surface area contributed by atoms with Gasteiger partial charge in [-0.1, -0.05) is 6.07 Å². The zero-order valence-corrected chi connectivity index (χ0v) is 20.7. The quantitative estimate of drug-likeness (QED) is 0.642. The van der Waals surface area contributed by atoms with E-state index in [1.807, 2.05) is 6.07 Å². The van der Waals surface area contributed by atoms with Gasteiger partial charge in [-0.05, 0) is 55.0 Å². The van der Waals surface area contributed by atoms with Crippen LogP contribution in [-0.2, 0) is 22.3 Å². The van der Waals surface area contributed by atoms with Gasteiger partial charge in [0.15, 0.2) is 6.73 Å². The minimum Gasteiger partial charge on any atom is -0.493 e. The molecule has 1 N–H and O–H groups in total. The van der Waals surface area contributed by atoms with Gasteiger partial charge < -0.3 is 29.2 Å². The topological polar surface area (TPSA) is 86.3 Å². The van der Waals surface area contributed by atoms with Crippen LogP contribution >= 0.6 is 0 Å². The highest BCUT2D eigenvalue weighted by Crippen LogP contribution is 2.43. The number of benzene rings is 2. The molecule has 196 valence electrons. The Balaban J connectivity index is 1.22. The van der Waals surface area contributed by atoms with E-state index in [1.54, 1.807) is 11.0 Å². The summed E-state index contributed by atoms with van der Waals surface area (Å²) in [5.41, 5.74) is 2.94. The summed E-state index contributed by atoms with van der Waals surface area (Å²) in [5, 5.41) is 2.77. The molecule has 8 nitrogen and oxygen atoms in total. The second kappa shape index (κ2) is 10.3. The Hall–Kier alpha value is -3.17. The Kier molecular flexibility index (Phi) is 6.73. The summed E-state index contributed by atoms with van der Waals surface area (Å²) in [5.74, 6) is 0.240. The third-order valence-corrected chi connectivity index (χ3v) is 7.66. The minimum atomic E-state index is -0.581. The van der Waals surface area contributed by atoms with Crippen molar-refractivity contribution in [3.05, 3.63) is 57.9 Å². The summed E-state index contributed by atoms with van der Waals surface area (Å²) in [7, 11) is 0. The van der Waals surface area contributed by atoms with Gasteiger partial charge in [-0.25, -0.2) is 4.39 Å². The monoisotopic (exact) mass is 510 g/mol. The lowest BCUT2D eigenvalue weighted by molar-refractivity contribution is 0.00174. The van der Waals surface area contributed by atoms with E-state index >= 15 is 0 Å². The highest BCUT2D eigenvalue weighted by molar-refractivity contribution is 5.99. The van der Waals surface area contributed by atoms with Crippen molar-refractivity contribution >= 4 is 11.8 Å². The molecule has 1 unspecified atom stereocenters. The van der Waals surface area contributed by atoms with E-state index < -0.39 is 11.7 Å². The summed E-state index contributed by atoms with van der Waals surface area (Å²) in [6.45, 7) is 3.09. The molecule has 0 radical (unpaired) electrons. The average molecular weight is 511 g/mol. The Morgan fingerprint density at radius 3 is 2.70 bits per heavy atom. The first-order valence-corrected chi connectivity index (χ1v) is 13.1. The average Bonchev–Trinajstić information content (AvgIpc) is 3.61. The Bertz CT molecular complexity index is 1210. The zero-order valence-electron chi connectivity index (χ0n) is 20.7. The number of amides is 2. The molecule has 2 saturated heterocycles. The van der Waals surface area contributed by atoms with Gasteiger partial charge in [0.2, 0.25) is 0 Å². The van der Waals surface area contributed by atoms with Crippen LogP contribution in [0.3, 0.4) is 0 Å². The van der Waals surface area contributed by atoms with Crippen LogP contribution in [0.1, 0.15) is 63.1 Å². The minimum absolute atomic E-state index is 0.00403. The molecule has 2 fully saturated rings. The van der Waals surface area contributed by atoms with Gasteiger partial charge in [0.1, 0.15) is 17.3 Å². The summed E-state index contributed by atoms with van der Waals surface area (Å²) < 4.78 is 38.0. The Labute approximate surface area is 215 Å². The van der Waals surface area contributed by atoms with Gasteiger partial charge in [0.05, 0.1) is 23.8 Å². The molecule has 1 atom stereocenters. The van der Waals surface area contributed by atoms with Crippen molar-refractivity contribution in [1.82, 2.24) is 10.2 Å². The Morgan fingerprint density at radius 2 is 1.92 bits per heavy atom. The molecule has 0 bridgehead atoms. The van der Waals surface area contributed by atoms with E-state index in [-0.39, 0.29) is 30.3 Å². The molecule has 0 aliphatic carbocycles. The van der Waals surface area contributed by atoms with Gasteiger partial charge in [-0.3, -0.25) is 9.59 Å². The van der Waals surface area contributed by atoms with E-state index in [2.05, 4.69) is 5.32 Å². The largest absolute Gasteiger partial charge is 0.493 e. The van der Waals surface area contributed by atoms with Crippen molar-refractivity contribution in [3.8, 4) is 11.5 Å². The number of halogens is 1. The van der Waals surface area contributed by atoms with Crippen molar-refractivity contribution in [2.75, 3.05) is 39.7 Å². The predicted octanol–water partition coefficient (Wildman–Crippen LogP) is 3.23. The maximum absolute atomic E-state index is 15.0. The fraction of sp³-hybridized carbons (Fsp3) is 0.500. The molecule has 9 heteroatoms. The number of nitrogens with one attached hydrogen (secondary N) is 1. The smallest absolute Gasteiger partial charge is 0.260 e. The molecule has 0 aromatic heterocycles. The first kappa shape index (κ1) is 24.2. The van der Waals surface area contributed by atoms with Crippen LogP contribution in [0.25, 0.3) is 0 Å². The SMILES string of the molecule is O=C(NCC1CCCO1)c1ccc(Cc2cc3c(c4c2OCC4)OCN(C2CCOCC2)C3=O)cc1F. The zero-order chi connectivity index (χ0) is 25.4. The molecule has 2 aromatic carbocycles. The van der Waals surface area contributed by atoms with E-state index in [0.29, 0.717) is 68.4 Å². The fourth-order valence-corrected chi connectivity index (χ4v) is 5.68. The summed E-state index contributed by atoms with van der Waals surface area (Å²) >= 11 is 0. The van der Waals surface area contributed by atoms with Crippen LogP contribution in [0.4, 0.5) is 4.39 Å². The van der Waals surface area contributed by atoms with E-state index in [1.165, 1.54) is 12.1 Å². The third kappa shape index (κ3) is 4.78. The molecule has 37 heavy (non-hydrogen) atoms. The fourth-order valence-electron chi connectivity index (χ4n) is 5.68. The predicted molar refractivity (Wildman–Crippen MR) is 132 cm³/mol. The summed E-state index contributed by atoms with van der Waals surface area (Å²) in [4.78, 5) is 27.8. The van der Waals surface area contributed by atoms with Crippen LogP contribution in [0.2, 0.25) is 0 Å². The number of rotatable bonds is 6. The second-order valence-electron chi connectivity index (χ2n) is 10.0. The number of nitrogens with zero attached hydrogens (tertiary/aromatic N) is 1. The molecule has 4 heterocycles. The molecular weight excluding hydrogens is 479 g/mol. The highest BCUT2D eigenvalue weighted by atomic mass is 19.1. The lowest BCUT2D eigenvalue weighted by Gasteiger charge is -2.37. The molecule has 2 aromatic rings. The van der Waals surface area contributed by atoms with Crippen LogP contribution < -0.4 is 14.8 Å². The first-order chi connectivity index (χ1) is 18.1. The number of carbonyl (C=O) groups is 2. The normalized spacial score (nSPS) is 21.3. The van der Waals surface area contributed by atoms with Crippen molar-refractivity contribution < 1.29 is 32.9 Å². The van der Waals surface area contributed by atoms with Gasteiger partial charge in [0.25, 0.3) is 11.8 Å². The first-order valence-electron chi connectivity index (χ1n) is 13.1. The summed E-state index contributed by atoms with van der Waals surface area (Å²) in [6, 6.07) is 6.56. The van der Waals surface area contributed by atoms with E-state index in [0.717, 1.165) is 36.8 Å². The van der Waals surface area contributed by atoms with Gasteiger partial charge in [0, 0.05) is 50.8 Å². The lowest BCUT2D eigenvalue weighted by atomic mass is 9.94. The van der Waals surface area contributed by atoms with Crippen LogP contribution in [0.15, 0.2) is 24.3 Å².